The minimum absolute atomic E-state index is 0.0552. The molecule has 1 aromatic heterocycles. The van der Waals surface area contributed by atoms with Crippen LogP contribution < -0.4 is 4.80 Å². The molecule has 26 heavy (non-hydrogen) atoms. The van der Waals surface area contributed by atoms with Gasteiger partial charge >= 0.3 is 0 Å². The molecule has 3 rings (SSSR count). The van der Waals surface area contributed by atoms with Crippen molar-refractivity contribution in [1.82, 2.24) is 4.57 Å². The molecule has 0 saturated carbocycles. The van der Waals surface area contributed by atoms with Gasteiger partial charge in [-0.2, -0.15) is 4.99 Å². The van der Waals surface area contributed by atoms with Crippen LogP contribution >= 0.6 is 11.3 Å². The number of nitro groups is 1. The van der Waals surface area contributed by atoms with E-state index >= 15 is 0 Å². The van der Waals surface area contributed by atoms with Crippen LogP contribution in [-0.2, 0) is 11.3 Å². The zero-order valence-electron chi connectivity index (χ0n) is 13.8. The Labute approximate surface area is 151 Å². The second kappa shape index (κ2) is 7.40. The number of hydrogen-bond acceptors (Lipinski definition) is 4. The van der Waals surface area contributed by atoms with Crippen molar-refractivity contribution in [1.29, 1.82) is 0 Å². The van der Waals surface area contributed by atoms with E-state index < -0.39 is 10.8 Å². The molecule has 132 valence electrons. The van der Waals surface area contributed by atoms with Crippen molar-refractivity contribution in [3.8, 4) is 0 Å². The van der Waals surface area contributed by atoms with Gasteiger partial charge in [0.15, 0.2) is 4.80 Å². The Morgan fingerprint density at radius 1 is 1.35 bits per heavy atom. The number of benzene rings is 2. The molecule has 0 saturated heterocycles. The van der Waals surface area contributed by atoms with E-state index in [1.807, 2.05) is 6.92 Å². The molecule has 6 nitrogen and oxygen atoms in total. The highest BCUT2D eigenvalue weighted by atomic mass is 32.1. The highest BCUT2D eigenvalue weighted by Crippen LogP contribution is 2.20. The molecule has 0 spiro atoms. The number of non-ortho nitro benzene ring substituents is 1. The molecule has 0 aliphatic rings. The fraction of sp³-hybridized carbons (Fsp3) is 0.111. The van der Waals surface area contributed by atoms with Crippen molar-refractivity contribution in [2.75, 3.05) is 0 Å². The van der Waals surface area contributed by atoms with Gasteiger partial charge in [0.05, 0.1) is 15.1 Å². The van der Waals surface area contributed by atoms with Gasteiger partial charge in [-0.1, -0.05) is 29.5 Å². The van der Waals surface area contributed by atoms with E-state index in [-0.39, 0.29) is 11.5 Å². The van der Waals surface area contributed by atoms with Crippen LogP contribution in [0.1, 0.15) is 12.5 Å². The van der Waals surface area contributed by atoms with Crippen molar-refractivity contribution in [3.05, 3.63) is 74.8 Å². The summed E-state index contributed by atoms with van der Waals surface area (Å²) < 4.78 is 16.4. The third-order valence-corrected chi connectivity index (χ3v) is 4.72. The third kappa shape index (κ3) is 3.60. The topological polar surface area (TPSA) is 77.5 Å². The summed E-state index contributed by atoms with van der Waals surface area (Å²) in [6.45, 7) is 2.32. The third-order valence-electron chi connectivity index (χ3n) is 3.67. The van der Waals surface area contributed by atoms with Crippen LogP contribution in [0.25, 0.3) is 16.3 Å². The molecule has 1 amide bonds. The first-order valence-corrected chi connectivity index (χ1v) is 8.60. The molecule has 3 aromatic rings. The highest BCUT2D eigenvalue weighted by Gasteiger charge is 2.10. The summed E-state index contributed by atoms with van der Waals surface area (Å²) in [5.74, 6) is -0.882. The van der Waals surface area contributed by atoms with Crippen LogP contribution in [0.15, 0.2) is 53.5 Å². The number of nitro benzene ring substituents is 1. The first kappa shape index (κ1) is 17.7. The fourth-order valence-electron chi connectivity index (χ4n) is 2.51. The fourth-order valence-corrected chi connectivity index (χ4v) is 3.62. The van der Waals surface area contributed by atoms with Gasteiger partial charge in [-0.3, -0.25) is 14.9 Å². The minimum atomic E-state index is -0.523. The Balaban J connectivity index is 1.94. The van der Waals surface area contributed by atoms with Gasteiger partial charge in [-0.25, -0.2) is 4.39 Å². The Morgan fingerprint density at radius 3 is 2.85 bits per heavy atom. The maximum Gasteiger partial charge on any atom is 0.272 e. The largest absolute Gasteiger partial charge is 0.314 e. The number of hydrogen-bond donors (Lipinski definition) is 0. The molecule has 2 aromatic carbocycles. The zero-order chi connectivity index (χ0) is 18.7. The zero-order valence-corrected chi connectivity index (χ0v) is 14.6. The Bertz CT molecular complexity index is 1100. The van der Waals surface area contributed by atoms with Gasteiger partial charge in [-0.05, 0) is 30.7 Å². The lowest BCUT2D eigenvalue weighted by Gasteiger charge is -2.00. The van der Waals surface area contributed by atoms with Crippen LogP contribution in [-0.4, -0.2) is 15.4 Å². The lowest BCUT2D eigenvalue weighted by Crippen LogP contribution is -2.15. The van der Waals surface area contributed by atoms with E-state index in [9.17, 15) is 19.3 Å². The predicted octanol–water partition coefficient (Wildman–Crippen LogP) is 3.91. The average Bonchev–Trinajstić information content (AvgIpc) is 2.98. The van der Waals surface area contributed by atoms with Crippen molar-refractivity contribution >= 4 is 39.2 Å². The second-order valence-electron chi connectivity index (χ2n) is 5.35. The monoisotopic (exact) mass is 371 g/mol. The Morgan fingerprint density at radius 2 is 2.12 bits per heavy atom. The number of carbonyl (C=O) groups is 1. The molecule has 0 radical (unpaired) electrons. The van der Waals surface area contributed by atoms with E-state index in [1.54, 1.807) is 28.8 Å². The van der Waals surface area contributed by atoms with Crippen molar-refractivity contribution < 1.29 is 14.1 Å². The standard InChI is InChI=1S/C18H14FN3O3S/c1-2-21-17-14(19)7-4-8-15(17)26-18(21)20-16(23)10-9-12-5-3-6-13(11-12)22(24)25/h3-11H,2H2,1H3/b10-9+,20-18?. The van der Waals surface area contributed by atoms with Gasteiger partial charge in [0.25, 0.3) is 11.6 Å². The molecular weight excluding hydrogens is 357 g/mol. The van der Waals surface area contributed by atoms with Crippen molar-refractivity contribution in [2.24, 2.45) is 4.99 Å². The summed E-state index contributed by atoms with van der Waals surface area (Å²) in [6.07, 6.45) is 2.70. The lowest BCUT2D eigenvalue weighted by atomic mass is 10.2. The van der Waals surface area contributed by atoms with Crippen LogP contribution in [0.5, 0.6) is 0 Å². The number of thiazole rings is 1. The Kier molecular flexibility index (Phi) is 5.04. The van der Waals surface area contributed by atoms with Gasteiger partial charge in [0.2, 0.25) is 0 Å². The average molecular weight is 371 g/mol. The summed E-state index contributed by atoms with van der Waals surface area (Å²) >= 11 is 1.23. The number of para-hydroxylation sites is 1. The normalized spacial score (nSPS) is 12.2. The van der Waals surface area contributed by atoms with Crippen LogP contribution in [0.3, 0.4) is 0 Å². The molecule has 0 unspecified atom stereocenters. The minimum Gasteiger partial charge on any atom is -0.314 e. The van der Waals surface area contributed by atoms with E-state index in [4.69, 9.17) is 0 Å². The number of nitrogens with zero attached hydrogens (tertiary/aromatic N) is 3. The van der Waals surface area contributed by atoms with Gasteiger partial charge in [0.1, 0.15) is 5.82 Å². The maximum atomic E-state index is 14.0. The molecular formula is C18H14FN3O3S. The molecule has 0 bridgehead atoms. The van der Waals surface area contributed by atoms with E-state index in [0.717, 1.165) is 0 Å². The first-order valence-electron chi connectivity index (χ1n) is 7.78. The number of aromatic nitrogens is 1. The second-order valence-corrected chi connectivity index (χ2v) is 6.36. The summed E-state index contributed by atoms with van der Waals surface area (Å²) in [4.78, 5) is 26.9. The molecule has 0 aliphatic carbocycles. The number of halogens is 1. The highest BCUT2D eigenvalue weighted by molar-refractivity contribution is 7.16. The number of rotatable bonds is 4. The van der Waals surface area contributed by atoms with Crippen LogP contribution in [0.4, 0.5) is 10.1 Å². The lowest BCUT2D eigenvalue weighted by molar-refractivity contribution is -0.384. The van der Waals surface area contributed by atoms with Gasteiger partial charge in [0, 0.05) is 24.8 Å². The number of fused-ring (bicyclic) bond motifs is 1. The molecule has 0 atom stereocenters. The molecule has 0 fully saturated rings. The summed E-state index contributed by atoms with van der Waals surface area (Å²) in [5, 5.41) is 10.8. The quantitative estimate of drug-likeness (QED) is 0.396. The van der Waals surface area contributed by atoms with Crippen LogP contribution in [0, 0.1) is 15.9 Å². The van der Waals surface area contributed by atoms with E-state index in [2.05, 4.69) is 4.99 Å². The maximum absolute atomic E-state index is 14.0. The van der Waals surface area contributed by atoms with E-state index in [1.165, 1.54) is 41.7 Å². The summed E-state index contributed by atoms with van der Waals surface area (Å²) in [7, 11) is 0. The van der Waals surface area contributed by atoms with Crippen LogP contribution in [0.2, 0.25) is 0 Å². The van der Waals surface area contributed by atoms with Gasteiger partial charge in [-0.15, -0.1) is 0 Å². The number of amides is 1. The van der Waals surface area contributed by atoms with Crippen molar-refractivity contribution in [3.63, 3.8) is 0 Å². The Hall–Kier alpha value is -3.13. The number of carbonyl (C=O) groups excluding carboxylic acids is 1. The number of aryl methyl sites for hydroxylation is 1. The summed E-state index contributed by atoms with van der Waals surface area (Å²) in [6, 6.07) is 10.7. The van der Waals surface area contributed by atoms with E-state index in [0.29, 0.717) is 27.1 Å². The van der Waals surface area contributed by atoms with Crippen molar-refractivity contribution in [2.45, 2.75) is 13.5 Å². The smallest absolute Gasteiger partial charge is 0.272 e. The molecule has 8 heteroatoms. The molecule has 0 aliphatic heterocycles. The SMILES string of the molecule is CCn1c(=NC(=O)/C=C/c2cccc([N+](=O)[O-])c2)sc2cccc(F)c21. The predicted molar refractivity (Wildman–Crippen MR) is 98.1 cm³/mol. The van der Waals surface area contributed by atoms with Gasteiger partial charge < -0.3 is 4.57 Å². The molecule has 1 heterocycles. The molecule has 0 N–H and O–H groups in total. The first-order chi connectivity index (χ1) is 12.5. The summed E-state index contributed by atoms with van der Waals surface area (Å²) in [5.41, 5.74) is 0.892.